The van der Waals surface area contributed by atoms with E-state index >= 15 is 0 Å². The Bertz CT molecular complexity index is 3570. The molecular formula is C53H37N5O. The summed E-state index contributed by atoms with van der Waals surface area (Å²) in [6.45, 7) is 4.25. The Morgan fingerprint density at radius 2 is 1.17 bits per heavy atom. The predicted octanol–water partition coefficient (Wildman–Crippen LogP) is 14.1. The van der Waals surface area contributed by atoms with Crippen molar-refractivity contribution in [3.8, 4) is 39.9 Å². The molecule has 0 N–H and O–H groups in total. The number of fused-ring (bicyclic) bond motifs is 10. The van der Waals surface area contributed by atoms with E-state index in [-0.39, 0.29) is 0 Å². The number of para-hydroxylation sites is 1. The maximum Gasteiger partial charge on any atom is 0.238 e. The van der Waals surface area contributed by atoms with Crippen LogP contribution in [-0.2, 0) is 0 Å². The van der Waals surface area contributed by atoms with Gasteiger partial charge in [0.2, 0.25) is 5.95 Å². The van der Waals surface area contributed by atoms with Crippen LogP contribution in [0.2, 0.25) is 0 Å². The van der Waals surface area contributed by atoms with E-state index in [4.69, 9.17) is 19.4 Å². The molecule has 4 heterocycles. The monoisotopic (exact) mass is 759 g/mol. The van der Waals surface area contributed by atoms with Crippen LogP contribution in [0.1, 0.15) is 20.3 Å². The summed E-state index contributed by atoms with van der Waals surface area (Å²) in [5.41, 5.74) is 8.49. The standard InChI is InChI=1S/C50H29N5O.C3H8/c1-2-11-32(12-3-1)48-52-49(36-20-19-31-15-9-25-51-42(31)27-36)54-50(53-48)55-43-28-34-14-5-4-13-33(34)26-41(43)39-18-8-17-38(47(39)55)35-21-23-40-45(29-35)56-44-24-22-30-10-6-7-16-37(30)46(40)44;1-3-2/h1-29H;3H2,1-2H3. The molecule has 12 rings (SSSR count). The van der Waals surface area contributed by atoms with Gasteiger partial charge in [0.15, 0.2) is 11.6 Å². The van der Waals surface area contributed by atoms with Gasteiger partial charge >= 0.3 is 0 Å². The summed E-state index contributed by atoms with van der Waals surface area (Å²) in [7, 11) is 0. The third-order valence-corrected chi connectivity index (χ3v) is 11.0. The molecule has 0 bridgehead atoms. The molecule has 0 amide bonds. The second-order valence-electron chi connectivity index (χ2n) is 15.0. The number of nitrogens with zero attached hydrogens (tertiary/aromatic N) is 5. The van der Waals surface area contributed by atoms with Crippen molar-refractivity contribution in [1.29, 1.82) is 0 Å². The molecule has 12 aromatic rings. The van der Waals surface area contributed by atoms with Crippen LogP contribution in [0.3, 0.4) is 0 Å². The average molecular weight is 760 g/mol. The molecule has 59 heavy (non-hydrogen) atoms. The summed E-state index contributed by atoms with van der Waals surface area (Å²) in [5, 5.41) is 10.2. The fraction of sp³-hybridized carbons (Fsp3) is 0.0566. The molecule has 0 atom stereocenters. The minimum Gasteiger partial charge on any atom is -0.456 e. The number of aromatic nitrogens is 5. The van der Waals surface area contributed by atoms with Crippen LogP contribution >= 0.6 is 0 Å². The van der Waals surface area contributed by atoms with Gasteiger partial charge in [-0.1, -0.05) is 148 Å². The van der Waals surface area contributed by atoms with Gasteiger partial charge in [-0.05, 0) is 69.6 Å². The van der Waals surface area contributed by atoms with Crippen molar-refractivity contribution in [3.05, 3.63) is 176 Å². The summed E-state index contributed by atoms with van der Waals surface area (Å²) in [5.74, 6) is 1.70. The van der Waals surface area contributed by atoms with Gasteiger partial charge in [-0.3, -0.25) is 9.55 Å². The van der Waals surface area contributed by atoms with Crippen LogP contribution in [0.25, 0.3) is 116 Å². The molecule has 0 aliphatic carbocycles. The lowest BCUT2D eigenvalue weighted by Gasteiger charge is -2.13. The van der Waals surface area contributed by atoms with Crippen molar-refractivity contribution < 1.29 is 4.42 Å². The highest BCUT2D eigenvalue weighted by Crippen LogP contribution is 2.42. The largest absolute Gasteiger partial charge is 0.456 e. The molecule has 4 aromatic heterocycles. The second-order valence-corrected chi connectivity index (χ2v) is 15.0. The van der Waals surface area contributed by atoms with Crippen LogP contribution in [0.15, 0.2) is 180 Å². The van der Waals surface area contributed by atoms with Crippen molar-refractivity contribution in [3.63, 3.8) is 0 Å². The van der Waals surface area contributed by atoms with Crippen molar-refractivity contribution in [1.82, 2.24) is 24.5 Å². The van der Waals surface area contributed by atoms with Gasteiger partial charge in [0, 0.05) is 49.8 Å². The van der Waals surface area contributed by atoms with E-state index in [1.54, 1.807) is 0 Å². The zero-order valence-electron chi connectivity index (χ0n) is 32.6. The van der Waals surface area contributed by atoms with E-state index in [0.717, 1.165) is 82.3 Å². The molecule has 6 heteroatoms. The normalized spacial score (nSPS) is 11.6. The Balaban J connectivity index is 0.00000129. The summed E-state index contributed by atoms with van der Waals surface area (Å²) in [4.78, 5) is 20.3. The zero-order chi connectivity index (χ0) is 39.5. The Labute approximate surface area is 340 Å². The molecule has 0 spiro atoms. The first-order valence-electron chi connectivity index (χ1n) is 20.1. The number of rotatable bonds is 4. The zero-order valence-corrected chi connectivity index (χ0v) is 32.6. The summed E-state index contributed by atoms with van der Waals surface area (Å²) < 4.78 is 8.80. The van der Waals surface area contributed by atoms with Crippen molar-refractivity contribution in [2.24, 2.45) is 0 Å². The minimum absolute atomic E-state index is 0.536. The fourth-order valence-electron chi connectivity index (χ4n) is 8.42. The summed E-state index contributed by atoms with van der Waals surface area (Å²) >= 11 is 0. The van der Waals surface area contributed by atoms with Crippen LogP contribution in [0.5, 0.6) is 0 Å². The molecule has 0 radical (unpaired) electrons. The molecule has 0 unspecified atom stereocenters. The Morgan fingerprint density at radius 1 is 0.475 bits per heavy atom. The Morgan fingerprint density at radius 3 is 2.02 bits per heavy atom. The van der Waals surface area contributed by atoms with E-state index in [0.29, 0.717) is 17.6 Å². The highest BCUT2D eigenvalue weighted by atomic mass is 16.3. The van der Waals surface area contributed by atoms with Gasteiger partial charge in [-0.2, -0.15) is 9.97 Å². The Hall–Kier alpha value is -7.70. The van der Waals surface area contributed by atoms with Crippen LogP contribution in [0, 0.1) is 0 Å². The van der Waals surface area contributed by atoms with Gasteiger partial charge in [-0.25, -0.2) is 4.98 Å². The van der Waals surface area contributed by atoms with Crippen molar-refractivity contribution >= 4 is 76.2 Å². The SMILES string of the molecule is CCC.c1ccc(-c2nc(-c3ccc4cccnc4c3)nc(-n3c4cc5ccccc5cc4c4cccc(-c5ccc6c(c5)oc5ccc7ccccc7c56)c43)n2)cc1. The second kappa shape index (κ2) is 14.0. The maximum atomic E-state index is 6.58. The fourth-order valence-corrected chi connectivity index (χ4v) is 8.42. The van der Waals surface area contributed by atoms with Crippen molar-refractivity contribution in [2.75, 3.05) is 0 Å². The third-order valence-electron chi connectivity index (χ3n) is 11.0. The molecule has 280 valence electrons. The lowest BCUT2D eigenvalue weighted by atomic mass is 9.99. The highest BCUT2D eigenvalue weighted by Gasteiger charge is 2.22. The maximum absolute atomic E-state index is 6.58. The lowest BCUT2D eigenvalue weighted by molar-refractivity contribution is 0.669. The molecule has 6 nitrogen and oxygen atoms in total. The van der Waals surface area contributed by atoms with E-state index in [1.165, 1.54) is 22.6 Å². The van der Waals surface area contributed by atoms with Gasteiger partial charge < -0.3 is 4.42 Å². The smallest absolute Gasteiger partial charge is 0.238 e. The van der Waals surface area contributed by atoms with Gasteiger partial charge in [0.1, 0.15) is 11.2 Å². The highest BCUT2D eigenvalue weighted by molar-refractivity contribution is 6.20. The quantitative estimate of drug-likeness (QED) is 0.179. The molecule has 0 saturated carbocycles. The van der Waals surface area contributed by atoms with Crippen LogP contribution in [0.4, 0.5) is 0 Å². The summed E-state index contributed by atoms with van der Waals surface area (Å²) in [6.07, 6.45) is 3.06. The van der Waals surface area contributed by atoms with Gasteiger partial charge in [0.05, 0.1) is 16.6 Å². The Kier molecular flexibility index (Phi) is 8.22. The topological polar surface area (TPSA) is 69.6 Å². The number of furan rings is 1. The number of hydrogen-bond donors (Lipinski definition) is 0. The molecular weight excluding hydrogens is 723 g/mol. The van der Waals surface area contributed by atoms with Gasteiger partial charge in [-0.15, -0.1) is 0 Å². The van der Waals surface area contributed by atoms with Crippen molar-refractivity contribution in [2.45, 2.75) is 20.3 Å². The third kappa shape index (κ3) is 5.79. The average Bonchev–Trinajstić information content (AvgIpc) is 3.84. The molecule has 0 aliphatic rings. The van der Waals surface area contributed by atoms with Gasteiger partial charge in [0.25, 0.3) is 0 Å². The van der Waals surface area contributed by atoms with Crippen LogP contribution in [-0.4, -0.2) is 24.5 Å². The molecule has 0 saturated heterocycles. The first kappa shape index (κ1) is 34.5. The lowest BCUT2D eigenvalue weighted by Crippen LogP contribution is -2.07. The predicted molar refractivity (Wildman–Crippen MR) is 244 cm³/mol. The first-order valence-corrected chi connectivity index (χ1v) is 20.1. The summed E-state index contributed by atoms with van der Waals surface area (Å²) in [6, 6.07) is 59.2. The van der Waals surface area contributed by atoms with Crippen LogP contribution < -0.4 is 0 Å². The number of benzene rings is 8. The van der Waals surface area contributed by atoms with E-state index < -0.39 is 0 Å². The van der Waals surface area contributed by atoms with E-state index in [1.807, 2.05) is 42.6 Å². The number of pyridine rings is 1. The molecule has 8 aromatic carbocycles. The number of hydrogen-bond acceptors (Lipinski definition) is 5. The first-order chi connectivity index (χ1) is 29.1. The van der Waals surface area contributed by atoms with E-state index in [9.17, 15) is 0 Å². The molecule has 0 fully saturated rings. The minimum atomic E-state index is 0.536. The van der Waals surface area contributed by atoms with E-state index in [2.05, 4.69) is 157 Å². The molecule has 0 aliphatic heterocycles.